The fraction of sp³-hybridized carbons (Fsp3) is 0.286. The average molecular weight is 366 g/mol. The van der Waals surface area contributed by atoms with Crippen LogP contribution in [-0.2, 0) is 11.3 Å². The lowest BCUT2D eigenvalue weighted by Crippen LogP contribution is -2.39. The third-order valence-corrected chi connectivity index (χ3v) is 5.55. The molecule has 0 unspecified atom stereocenters. The molecular formula is C21H22N2O2S. The number of hydrogen-bond donors (Lipinski definition) is 1. The van der Waals surface area contributed by atoms with Gasteiger partial charge in [-0.3, -0.25) is 0 Å². The summed E-state index contributed by atoms with van der Waals surface area (Å²) in [6.45, 7) is 2.02. The summed E-state index contributed by atoms with van der Waals surface area (Å²) in [7, 11) is 0. The van der Waals surface area contributed by atoms with Crippen molar-refractivity contribution in [1.29, 1.82) is 0 Å². The second-order valence-electron chi connectivity index (χ2n) is 6.55. The van der Waals surface area contributed by atoms with Crippen LogP contribution in [0.4, 0.5) is 10.5 Å². The zero-order valence-corrected chi connectivity index (χ0v) is 15.4. The van der Waals surface area contributed by atoms with Crippen molar-refractivity contribution in [3.05, 3.63) is 64.9 Å². The number of nitrogens with zero attached hydrogens (tertiary/aromatic N) is 1. The van der Waals surface area contributed by atoms with Gasteiger partial charge in [0, 0.05) is 23.4 Å². The zero-order valence-electron chi connectivity index (χ0n) is 14.6. The first-order valence-electron chi connectivity index (χ1n) is 8.97. The van der Waals surface area contributed by atoms with E-state index in [1.807, 2.05) is 46.7 Å². The fourth-order valence-corrected chi connectivity index (χ4v) is 4.09. The number of fused-ring (bicyclic) bond motifs is 1. The first-order chi connectivity index (χ1) is 12.8. The molecule has 3 aromatic rings. The van der Waals surface area contributed by atoms with Crippen LogP contribution >= 0.6 is 11.3 Å². The highest BCUT2D eigenvalue weighted by Gasteiger charge is 2.23. The summed E-state index contributed by atoms with van der Waals surface area (Å²) in [6.07, 6.45) is 2.22. The third-order valence-electron chi connectivity index (χ3n) is 4.69. The number of carbonyl (C=O) groups excluding carboxylic acids is 1. The molecule has 4 nitrogen and oxygen atoms in total. The summed E-state index contributed by atoms with van der Waals surface area (Å²) in [6, 6.07) is 18.1. The lowest BCUT2D eigenvalue weighted by molar-refractivity contribution is 0.0821. The predicted octanol–water partition coefficient (Wildman–Crippen LogP) is 5.11. The topological polar surface area (TPSA) is 41.6 Å². The first kappa shape index (κ1) is 17.1. The van der Waals surface area contributed by atoms with Crippen LogP contribution in [0.25, 0.3) is 10.8 Å². The molecule has 1 atom stereocenters. The molecule has 0 spiro atoms. The number of ether oxygens (including phenoxy) is 1. The van der Waals surface area contributed by atoms with Crippen LogP contribution in [0, 0.1) is 0 Å². The molecule has 26 heavy (non-hydrogen) atoms. The highest BCUT2D eigenvalue weighted by molar-refractivity contribution is 7.09. The van der Waals surface area contributed by atoms with Crippen molar-refractivity contribution in [3.8, 4) is 0 Å². The van der Waals surface area contributed by atoms with Gasteiger partial charge in [0.1, 0.15) is 0 Å². The second kappa shape index (κ2) is 7.89. The van der Waals surface area contributed by atoms with Crippen molar-refractivity contribution in [1.82, 2.24) is 4.90 Å². The molecule has 2 aromatic carbocycles. The third kappa shape index (κ3) is 3.89. The minimum atomic E-state index is -0.0785. The molecule has 1 aromatic heterocycles. The molecule has 2 amide bonds. The standard InChI is InChI=1S/C21H22N2O2S/c24-21(22-20-11-3-7-16-6-1-2-10-19(16)20)23(14-17-8-4-12-25-17)15-18-9-5-13-26-18/h1-3,5-7,9-11,13,17H,4,8,12,14-15H2,(H,22,24)/t17-/m1/s1. The summed E-state index contributed by atoms with van der Waals surface area (Å²) >= 11 is 1.67. The predicted molar refractivity (Wildman–Crippen MR) is 107 cm³/mol. The fourth-order valence-electron chi connectivity index (χ4n) is 3.37. The summed E-state index contributed by atoms with van der Waals surface area (Å²) < 4.78 is 5.75. The van der Waals surface area contributed by atoms with E-state index >= 15 is 0 Å². The molecular weight excluding hydrogens is 344 g/mol. The lowest BCUT2D eigenvalue weighted by atomic mass is 10.1. The number of nitrogens with one attached hydrogen (secondary N) is 1. The maximum Gasteiger partial charge on any atom is 0.322 e. The molecule has 1 saturated heterocycles. The van der Waals surface area contributed by atoms with Gasteiger partial charge in [-0.2, -0.15) is 0 Å². The molecule has 0 radical (unpaired) electrons. The van der Waals surface area contributed by atoms with Crippen LogP contribution < -0.4 is 5.32 Å². The number of benzene rings is 2. The van der Waals surface area contributed by atoms with Gasteiger partial charge in [0.15, 0.2) is 0 Å². The summed E-state index contributed by atoms with van der Waals surface area (Å²) in [5, 5.41) is 7.32. The highest BCUT2D eigenvalue weighted by Crippen LogP contribution is 2.24. The molecule has 1 fully saturated rings. The van der Waals surface area contributed by atoms with Crippen molar-refractivity contribution in [2.45, 2.75) is 25.5 Å². The Morgan fingerprint density at radius 2 is 2.04 bits per heavy atom. The van der Waals surface area contributed by atoms with E-state index in [1.165, 1.54) is 4.88 Å². The highest BCUT2D eigenvalue weighted by atomic mass is 32.1. The maximum atomic E-state index is 13.0. The Bertz CT molecular complexity index is 867. The van der Waals surface area contributed by atoms with Crippen molar-refractivity contribution >= 4 is 33.8 Å². The van der Waals surface area contributed by atoms with E-state index in [0.29, 0.717) is 13.1 Å². The molecule has 2 heterocycles. The first-order valence-corrected chi connectivity index (χ1v) is 9.85. The molecule has 0 bridgehead atoms. The minimum Gasteiger partial charge on any atom is -0.376 e. The second-order valence-corrected chi connectivity index (χ2v) is 7.58. The van der Waals surface area contributed by atoms with E-state index in [1.54, 1.807) is 11.3 Å². The number of carbonyl (C=O) groups is 1. The monoisotopic (exact) mass is 366 g/mol. The Hall–Kier alpha value is -2.37. The number of anilines is 1. The van der Waals surface area contributed by atoms with E-state index in [2.05, 4.69) is 23.5 Å². The van der Waals surface area contributed by atoms with Crippen LogP contribution in [0.3, 0.4) is 0 Å². The van der Waals surface area contributed by atoms with E-state index in [9.17, 15) is 4.79 Å². The summed E-state index contributed by atoms with van der Waals surface area (Å²) in [5.74, 6) is 0. The normalized spacial score (nSPS) is 16.7. The van der Waals surface area contributed by atoms with E-state index in [-0.39, 0.29) is 12.1 Å². The van der Waals surface area contributed by atoms with Gasteiger partial charge in [0.05, 0.1) is 18.3 Å². The molecule has 5 heteroatoms. The van der Waals surface area contributed by atoms with Crippen LogP contribution in [0.5, 0.6) is 0 Å². The molecule has 4 rings (SSSR count). The lowest BCUT2D eigenvalue weighted by Gasteiger charge is -2.25. The Morgan fingerprint density at radius 1 is 1.15 bits per heavy atom. The van der Waals surface area contributed by atoms with Gasteiger partial charge in [-0.15, -0.1) is 11.3 Å². The van der Waals surface area contributed by atoms with Gasteiger partial charge in [-0.05, 0) is 35.7 Å². The average Bonchev–Trinajstić information content (AvgIpc) is 3.35. The van der Waals surface area contributed by atoms with Crippen LogP contribution in [0.15, 0.2) is 60.0 Å². The number of thiophene rings is 1. The molecule has 1 aliphatic rings. The van der Waals surface area contributed by atoms with E-state index in [4.69, 9.17) is 4.74 Å². The smallest absolute Gasteiger partial charge is 0.322 e. The zero-order chi connectivity index (χ0) is 17.8. The molecule has 134 valence electrons. The van der Waals surface area contributed by atoms with Crippen LogP contribution in [0.1, 0.15) is 17.7 Å². The van der Waals surface area contributed by atoms with Crippen molar-refractivity contribution in [3.63, 3.8) is 0 Å². The molecule has 0 aliphatic carbocycles. The minimum absolute atomic E-state index is 0.0785. The van der Waals surface area contributed by atoms with Crippen molar-refractivity contribution in [2.75, 3.05) is 18.5 Å². The SMILES string of the molecule is O=C(Nc1cccc2ccccc12)N(Cc1cccs1)C[C@H]1CCCO1. The molecule has 0 saturated carbocycles. The number of rotatable bonds is 5. The van der Waals surface area contributed by atoms with Crippen molar-refractivity contribution in [2.24, 2.45) is 0 Å². The Labute approximate surface area is 157 Å². The van der Waals surface area contributed by atoms with E-state index < -0.39 is 0 Å². The Balaban J connectivity index is 1.54. The Morgan fingerprint density at radius 3 is 2.85 bits per heavy atom. The number of amides is 2. The van der Waals surface area contributed by atoms with Crippen molar-refractivity contribution < 1.29 is 9.53 Å². The maximum absolute atomic E-state index is 13.0. The van der Waals surface area contributed by atoms with E-state index in [0.717, 1.165) is 35.9 Å². The van der Waals surface area contributed by atoms with Gasteiger partial charge in [-0.25, -0.2) is 4.79 Å². The van der Waals surface area contributed by atoms with Gasteiger partial charge in [0.2, 0.25) is 0 Å². The molecule has 1 N–H and O–H groups in total. The van der Waals surface area contributed by atoms with Gasteiger partial charge >= 0.3 is 6.03 Å². The Kier molecular flexibility index (Phi) is 5.18. The number of urea groups is 1. The number of hydrogen-bond acceptors (Lipinski definition) is 3. The molecule has 1 aliphatic heterocycles. The summed E-state index contributed by atoms with van der Waals surface area (Å²) in [5.41, 5.74) is 0.844. The van der Waals surface area contributed by atoms with Gasteiger partial charge in [-0.1, -0.05) is 42.5 Å². The largest absolute Gasteiger partial charge is 0.376 e. The van der Waals surface area contributed by atoms with Gasteiger partial charge in [0.25, 0.3) is 0 Å². The van der Waals surface area contributed by atoms with Gasteiger partial charge < -0.3 is 15.0 Å². The quantitative estimate of drug-likeness (QED) is 0.681. The van der Waals surface area contributed by atoms with Crippen LogP contribution in [-0.4, -0.2) is 30.2 Å². The van der Waals surface area contributed by atoms with Crippen LogP contribution in [0.2, 0.25) is 0 Å². The summed E-state index contributed by atoms with van der Waals surface area (Å²) in [4.78, 5) is 16.1.